The summed E-state index contributed by atoms with van der Waals surface area (Å²) in [6, 6.07) is 0. The van der Waals surface area contributed by atoms with E-state index in [2.05, 4.69) is 15.0 Å². The van der Waals surface area contributed by atoms with E-state index in [1.165, 1.54) is 17.2 Å². The molecule has 0 bridgehead atoms. The highest BCUT2D eigenvalue weighted by Crippen LogP contribution is 2.50. The van der Waals surface area contributed by atoms with E-state index in [4.69, 9.17) is 24.0 Å². The summed E-state index contributed by atoms with van der Waals surface area (Å²) in [5, 5.41) is 20.8. The first-order valence-electron chi connectivity index (χ1n) is 9.38. The topological polar surface area (TPSA) is 164 Å². The van der Waals surface area contributed by atoms with Crippen molar-refractivity contribution in [1.29, 1.82) is 0 Å². The lowest BCUT2D eigenvalue weighted by Crippen LogP contribution is -2.33. The zero-order valence-electron chi connectivity index (χ0n) is 16.2. The van der Waals surface area contributed by atoms with Crippen LogP contribution in [0.4, 0.5) is 5.82 Å². The first-order chi connectivity index (χ1) is 13.9. The second-order valence-corrected chi connectivity index (χ2v) is 8.21. The Hall–Kier alpha value is -1.66. The molecule has 12 nitrogen and oxygen atoms in total. The monoisotopic (exact) mass is 431 g/mol. The number of rotatable bonds is 10. The number of aliphatic hydroxyl groups excluding tert-OH is 2. The summed E-state index contributed by atoms with van der Waals surface area (Å²) in [6.07, 6.45) is -0.664. The molecule has 0 unspecified atom stereocenters. The second-order valence-electron chi connectivity index (χ2n) is 6.54. The summed E-state index contributed by atoms with van der Waals surface area (Å²) in [5.41, 5.74) is 6.47. The highest BCUT2D eigenvalue weighted by atomic mass is 31.2. The van der Waals surface area contributed by atoms with Crippen molar-refractivity contribution in [2.75, 3.05) is 25.6 Å². The van der Waals surface area contributed by atoms with Crippen LogP contribution in [0.15, 0.2) is 12.7 Å². The quantitative estimate of drug-likeness (QED) is 0.460. The highest BCUT2D eigenvalue weighted by molar-refractivity contribution is 7.48. The fourth-order valence-electron chi connectivity index (χ4n) is 2.84. The van der Waals surface area contributed by atoms with Crippen LogP contribution in [0, 0.1) is 0 Å². The largest absolute Gasteiger partial charge is 0.474 e. The van der Waals surface area contributed by atoms with Crippen molar-refractivity contribution in [2.24, 2.45) is 0 Å². The molecule has 0 amide bonds. The first-order valence-corrected chi connectivity index (χ1v) is 10.8. The summed E-state index contributed by atoms with van der Waals surface area (Å²) in [5.74, 6) is 0.184. The second kappa shape index (κ2) is 9.43. The van der Waals surface area contributed by atoms with Crippen molar-refractivity contribution >= 4 is 24.8 Å². The molecule has 0 aromatic carbocycles. The van der Waals surface area contributed by atoms with Gasteiger partial charge in [-0.05, 0) is 12.8 Å². The van der Waals surface area contributed by atoms with Gasteiger partial charge in [-0.25, -0.2) is 19.5 Å². The van der Waals surface area contributed by atoms with Crippen LogP contribution in [0.1, 0.15) is 32.9 Å². The number of nitrogen functional groups attached to an aromatic ring is 1. The molecule has 162 valence electrons. The summed E-state index contributed by atoms with van der Waals surface area (Å²) >= 11 is 0. The molecule has 0 aliphatic carbocycles. The van der Waals surface area contributed by atoms with Gasteiger partial charge in [-0.3, -0.25) is 18.1 Å². The maximum atomic E-state index is 12.7. The molecule has 0 spiro atoms. The summed E-state index contributed by atoms with van der Waals surface area (Å²) < 4.78 is 35.7. The molecule has 0 saturated carbocycles. The molecular formula is C16H26N5O7P. The van der Waals surface area contributed by atoms with E-state index < -0.39 is 32.4 Å². The summed E-state index contributed by atoms with van der Waals surface area (Å²) in [6.45, 7) is 3.82. The van der Waals surface area contributed by atoms with Gasteiger partial charge >= 0.3 is 7.82 Å². The minimum atomic E-state index is -3.81. The molecule has 4 atom stereocenters. The molecule has 2 aromatic heterocycles. The first kappa shape index (κ1) is 22.0. The maximum Gasteiger partial charge on any atom is 0.474 e. The Labute approximate surface area is 167 Å². The lowest BCUT2D eigenvalue weighted by atomic mass is 10.1. The molecule has 1 aliphatic heterocycles. The van der Waals surface area contributed by atoms with Crippen LogP contribution < -0.4 is 5.73 Å². The van der Waals surface area contributed by atoms with Crippen LogP contribution >= 0.6 is 7.82 Å². The predicted molar refractivity (Wildman–Crippen MR) is 102 cm³/mol. The Morgan fingerprint density at radius 3 is 2.48 bits per heavy atom. The van der Waals surface area contributed by atoms with Crippen molar-refractivity contribution < 1.29 is 33.1 Å². The number of aromatic nitrogens is 4. The number of nitrogens with two attached hydrogens (primary N) is 1. The van der Waals surface area contributed by atoms with E-state index in [9.17, 15) is 14.8 Å². The zero-order valence-corrected chi connectivity index (χ0v) is 17.1. The number of ether oxygens (including phenoxy) is 1. The van der Waals surface area contributed by atoms with Gasteiger partial charge in [0, 0.05) is 0 Å². The van der Waals surface area contributed by atoms with Gasteiger partial charge in [0.1, 0.15) is 30.2 Å². The van der Waals surface area contributed by atoms with Crippen LogP contribution in [0.25, 0.3) is 11.2 Å². The normalized spacial score (nSPS) is 25.1. The summed E-state index contributed by atoms with van der Waals surface area (Å²) in [7, 11) is -3.81. The number of hydrogen-bond donors (Lipinski definition) is 3. The number of phosphoric acid groups is 1. The molecule has 2 aromatic rings. The third-order valence-corrected chi connectivity index (χ3v) is 5.77. The van der Waals surface area contributed by atoms with E-state index in [-0.39, 0.29) is 25.6 Å². The molecule has 3 heterocycles. The molecule has 1 saturated heterocycles. The van der Waals surface area contributed by atoms with Crippen molar-refractivity contribution in [2.45, 2.75) is 51.2 Å². The Bertz CT molecular complexity index is 853. The lowest BCUT2D eigenvalue weighted by molar-refractivity contribution is -0.0526. The molecule has 4 N–H and O–H groups in total. The standard InChI is InChI=1S/C16H26N5O7P/c1-3-5-25-29(24,26-6-4-2)27-7-10-12(22)13(23)16(28-10)21-9-20-11-14(17)18-8-19-15(11)21/h8-10,12-13,16,22-23H,3-7H2,1-2H3,(H2,17,18,19)/t10-,12-,13+,16-/m1/s1. The van der Waals surface area contributed by atoms with Crippen LogP contribution in [0.5, 0.6) is 0 Å². The minimum Gasteiger partial charge on any atom is -0.387 e. The van der Waals surface area contributed by atoms with Crippen LogP contribution in [0.3, 0.4) is 0 Å². The fourth-order valence-corrected chi connectivity index (χ4v) is 4.20. The van der Waals surface area contributed by atoms with Gasteiger partial charge in [0.25, 0.3) is 0 Å². The van der Waals surface area contributed by atoms with E-state index in [1.54, 1.807) is 0 Å². The molecule has 13 heteroatoms. The number of hydrogen-bond acceptors (Lipinski definition) is 11. The number of aliphatic hydroxyl groups is 2. The molecule has 0 radical (unpaired) electrons. The van der Waals surface area contributed by atoms with E-state index in [0.717, 1.165) is 0 Å². The number of imidazole rings is 1. The Kier molecular flexibility index (Phi) is 7.17. The molecule has 29 heavy (non-hydrogen) atoms. The van der Waals surface area contributed by atoms with Crippen molar-refractivity contribution in [3.63, 3.8) is 0 Å². The van der Waals surface area contributed by atoms with Crippen LogP contribution in [-0.4, -0.2) is 67.9 Å². The van der Waals surface area contributed by atoms with E-state index in [1.807, 2.05) is 13.8 Å². The number of anilines is 1. The Balaban J connectivity index is 1.71. The van der Waals surface area contributed by atoms with Crippen molar-refractivity contribution in [3.05, 3.63) is 12.7 Å². The third kappa shape index (κ3) is 4.75. The minimum absolute atomic E-state index is 0.184. The fraction of sp³-hybridized carbons (Fsp3) is 0.688. The van der Waals surface area contributed by atoms with Gasteiger partial charge < -0.3 is 20.7 Å². The van der Waals surface area contributed by atoms with Gasteiger partial charge in [-0.1, -0.05) is 13.8 Å². The van der Waals surface area contributed by atoms with Crippen molar-refractivity contribution in [1.82, 2.24) is 19.5 Å². The van der Waals surface area contributed by atoms with Gasteiger partial charge in [-0.2, -0.15) is 0 Å². The molecular weight excluding hydrogens is 405 g/mol. The van der Waals surface area contributed by atoms with Gasteiger partial charge in [-0.15, -0.1) is 0 Å². The number of phosphoric ester groups is 1. The third-order valence-electron chi connectivity index (χ3n) is 4.30. The summed E-state index contributed by atoms with van der Waals surface area (Å²) in [4.78, 5) is 12.1. The van der Waals surface area contributed by atoms with Crippen LogP contribution in [0.2, 0.25) is 0 Å². The van der Waals surface area contributed by atoms with Gasteiger partial charge in [0.15, 0.2) is 17.7 Å². The van der Waals surface area contributed by atoms with E-state index in [0.29, 0.717) is 24.0 Å². The molecule has 1 aliphatic rings. The SMILES string of the molecule is CCCOP(=O)(OCCC)OC[C@H]1O[C@@H](n2cnc3c(N)ncnc32)[C@@H](O)[C@@H]1O. The molecule has 1 fully saturated rings. The van der Waals surface area contributed by atoms with Gasteiger partial charge in [0.2, 0.25) is 0 Å². The van der Waals surface area contributed by atoms with Crippen molar-refractivity contribution in [3.8, 4) is 0 Å². The smallest absolute Gasteiger partial charge is 0.387 e. The number of fused-ring (bicyclic) bond motifs is 1. The Morgan fingerprint density at radius 1 is 1.14 bits per heavy atom. The zero-order chi connectivity index (χ0) is 21.0. The van der Waals surface area contributed by atoms with Gasteiger partial charge in [0.05, 0.1) is 26.1 Å². The predicted octanol–water partition coefficient (Wildman–Crippen LogP) is 1.01. The number of nitrogens with zero attached hydrogens (tertiary/aromatic N) is 4. The molecule has 3 rings (SSSR count). The Morgan fingerprint density at radius 2 is 1.83 bits per heavy atom. The average molecular weight is 431 g/mol. The van der Waals surface area contributed by atoms with Crippen LogP contribution in [-0.2, 0) is 22.9 Å². The maximum absolute atomic E-state index is 12.7. The highest BCUT2D eigenvalue weighted by Gasteiger charge is 2.45. The van der Waals surface area contributed by atoms with E-state index >= 15 is 0 Å². The lowest BCUT2D eigenvalue weighted by Gasteiger charge is -2.20. The average Bonchev–Trinajstić information content (AvgIpc) is 3.26.